The molecule has 0 bridgehead atoms. The number of carbonyl (C=O) groups excluding carboxylic acids is 1. The number of anilines is 2. The largest absolute Gasteiger partial charge is 0.487 e. The van der Waals surface area contributed by atoms with E-state index in [0.29, 0.717) is 24.3 Å². The van der Waals surface area contributed by atoms with Gasteiger partial charge in [-0.3, -0.25) is 20.4 Å². The first-order valence-electron chi connectivity index (χ1n) is 11.8. The van der Waals surface area contributed by atoms with Crippen LogP contribution in [-0.2, 0) is 6.18 Å². The van der Waals surface area contributed by atoms with E-state index in [1.807, 2.05) is 18.9 Å². The van der Waals surface area contributed by atoms with E-state index in [1.54, 1.807) is 4.57 Å². The van der Waals surface area contributed by atoms with Gasteiger partial charge in [-0.05, 0) is 44.3 Å². The molecule has 2 N–H and O–H groups in total. The number of hydrazine groups is 1. The quantitative estimate of drug-likeness (QED) is 0.405. The minimum absolute atomic E-state index is 0.0131. The zero-order valence-corrected chi connectivity index (χ0v) is 20.2. The number of hydrogen-bond acceptors (Lipinski definition) is 6. The molecule has 37 heavy (non-hydrogen) atoms. The maximum Gasteiger partial charge on any atom is 0.416 e. The minimum Gasteiger partial charge on any atom is -0.487 e. The Morgan fingerprint density at radius 3 is 2.43 bits per heavy atom. The van der Waals surface area contributed by atoms with E-state index in [1.165, 1.54) is 6.20 Å². The van der Waals surface area contributed by atoms with Crippen molar-refractivity contribution in [3.8, 4) is 5.75 Å². The molecule has 1 amide bonds. The molecule has 1 saturated heterocycles. The van der Waals surface area contributed by atoms with Gasteiger partial charge >= 0.3 is 6.18 Å². The molecule has 1 aromatic heterocycles. The van der Waals surface area contributed by atoms with Crippen molar-refractivity contribution in [3.05, 3.63) is 63.7 Å². The molecule has 0 spiro atoms. The molecule has 0 unspecified atom stereocenters. The number of ether oxygens (including phenoxy) is 1. The number of pyridine rings is 1. The third-order valence-electron chi connectivity index (χ3n) is 6.74. The fourth-order valence-electron chi connectivity index (χ4n) is 4.64. The zero-order chi connectivity index (χ0) is 26.5. The van der Waals surface area contributed by atoms with Crippen LogP contribution in [-0.4, -0.2) is 55.2 Å². The van der Waals surface area contributed by atoms with Gasteiger partial charge in [0.05, 0.1) is 28.2 Å². The third kappa shape index (κ3) is 4.57. The van der Waals surface area contributed by atoms with Crippen LogP contribution in [0.2, 0.25) is 0 Å². The van der Waals surface area contributed by atoms with Crippen molar-refractivity contribution >= 4 is 28.2 Å². The van der Waals surface area contributed by atoms with Crippen LogP contribution < -0.4 is 25.9 Å². The predicted octanol–water partition coefficient (Wildman–Crippen LogP) is 3.62. The number of halogens is 4. The summed E-state index contributed by atoms with van der Waals surface area (Å²) in [5.74, 6) is -1.13. The van der Waals surface area contributed by atoms with Crippen LogP contribution in [0, 0.1) is 5.82 Å². The van der Waals surface area contributed by atoms with Crippen molar-refractivity contribution in [2.75, 3.05) is 50.2 Å². The number of carbonyl (C=O) groups is 1. The summed E-state index contributed by atoms with van der Waals surface area (Å²) < 4.78 is 61.4. The summed E-state index contributed by atoms with van der Waals surface area (Å²) in [5, 5.41) is 0.0131. The molecule has 0 saturated carbocycles. The SMILES string of the molecule is C[C@H]1COc2c(N3CCN(C)CC3)c(F)cc3c(=O)c(C(=O)NNc4ccc(C(F)(F)F)cc4)cn1c23. The van der Waals surface area contributed by atoms with Gasteiger partial charge in [0.2, 0.25) is 5.43 Å². The van der Waals surface area contributed by atoms with Gasteiger partial charge in [-0.15, -0.1) is 0 Å². The first-order valence-corrected chi connectivity index (χ1v) is 11.8. The molecule has 196 valence electrons. The molecule has 5 rings (SSSR count). The lowest BCUT2D eigenvalue weighted by Crippen LogP contribution is -2.45. The summed E-state index contributed by atoms with van der Waals surface area (Å²) in [6.45, 7) is 4.79. The average Bonchev–Trinajstić information content (AvgIpc) is 2.86. The van der Waals surface area contributed by atoms with Crippen LogP contribution >= 0.6 is 0 Å². The summed E-state index contributed by atoms with van der Waals surface area (Å²) in [6.07, 6.45) is -3.07. The normalized spacial score (nSPS) is 18.0. The molecular weight excluding hydrogens is 494 g/mol. The Morgan fingerprint density at radius 1 is 1.11 bits per heavy atom. The zero-order valence-electron chi connectivity index (χ0n) is 20.2. The molecular formula is C25H25F4N5O3. The highest BCUT2D eigenvalue weighted by molar-refractivity contribution is 6.00. The Morgan fingerprint density at radius 2 is 1.78 bits per heavy atom. The Bertz CT molecular complexity index is 1410. The van der Waals surface area contributed by atoms with Crippen molar-refractivity contribution in [1.29, 1.82) is 0 Å². The molecule has 1 fully saturated rings. The van der Waals surface area contributed by atoms with Gasteiger partial charge < -0.3 is 19.1 Å². The number of hydrogen-bond donors (Lipinski definition) is 2. The number of nitrogens with zero attached hydrogens (tertiary/aromatic N) is 3. The van der Waals surface area contributed by atoms with Crippen molar-refractivity contribution in [1.82, 2.24) is 14.9 Å². The Labute approximate surface area is 209 Å². The number of benzene rings is 2. The molecule has 0 aliphatic carbocycles. The maximum atomic E-state index is 15.4. The Kier molecular flexibility index (Phi) is 6.22. The molecule has 0 radical (unpaired) electrons. The second kappa shape index (κ2) is 9.25. The Balaban J connectivity index is 1.48. The molecule has 2 aliphatic rings. The maximum absolute atomic E-state index is 15.4. The number of amides is 1. The summed E-state index contributed by atoms with van der Waals surface area (Å²) in [5.41, 5.74) is 4.02. The fourth-order valence-corrected chi connectivity index (χ4v) is 4.64. The second-order valence-electron chi connectivity index (χ2n) is 9.32. The number of likely N-dealkylation sites (N-methyl/N-ethyl adjacent to an activating group) is 1. The van der Waals surface area contributed by atoms with Crippen molar-refractivity contribution in [2.24, 2.45) is 0 Å². The highest BCUT2D eigenvalue weighted by Crippen LogP contribution is 2.42. The van der Waals surface area contributed by atoms with Gasteiger partial charge in [0.1, 0.15) is 17.9 Å². The van der Waals surface area contributed by atoms with Gasteiger partial charge in [0.25, 0.3) is 5.91 Å². The highest BCUT2D eigenvalue weighted by Gasteiger charge is 2.32. The first kappa shape index (κ1) is 24.9. The van der Waals surface area contributed by atoms with Crippen LogP contribution in [0.15, 0.2) is 41.3 Å². The van der Waals surface area contributed by atoms with Crippen molar-refractivity contribution in [2.45, 2.75) is 19.1 Å². The van der Waals surface area contributed by atoms with Crippen LogP contribution in [0.5, 0.6) is 5.75 Å². The van der Waals surface area contributed by atoms with Gasteiger partial charge in [-0.25, -0.2) is 4.39 Å². The lowest BCUT2D eigenvalue weighted by Gasteiger charge is -2.37. The summed E-state index contributed by atoms with van der Waals surface area (Å²) >= 11 is 0. The smallest absolute Gasteiger partial charge is 0.416 e. The number of rotatable bonds is 4. The van der Waals surface area contributed by atoms with E-state index >= 15 is 4.39 Å². The second-order valence-corrected chi connectivity index (χ2v) is 9.32. The van der Waals surface area contributed by atoms with Crippen LogP contribution in [0.1, 0.15) is 28.9 Å². The van der Waals surface area contributed by atoms with Crippen molar-refractivity contribution < 1.29 is 27.1 Å². The van der Waals surface area contributed by atoms with Gasteiger partial charge in [0.15, 0.2) is 11.6 Å². The summed E-state index contributed by atoms with van der Waals surface area (Å²) in [4.78, 5) is 30.3. The molecule has 2 aromatic carbocycles. The van der Waals surface area contributed by atoms with Crippen molar-refractivity contribution in [3.63, 3.8) is 0 Å². The van der Waals surface area contributed by atoms with Gasteiger partial charge in [-0.2, -0.15) is 13.2 Å². The van der Waals surface area contributed by atoms with E-state index in [9.17, 15) is 22.8 Å². The third-order valence-corrected chi connectivity index (χ3v) is 6.74. The van der Waals surface area contributed by atoms with E-state index in [-0.39, 0.29) is 35.0 Å². The Hall–Kier alpha value is -3.80. The number of alkyl halides is 3. The van der Waals surface area contributed by atoms with E-state index in [0.717, 1.165) is 43.4 Å². The molecule has 1 atom stereocenters. The van der Waals surface area contributed by atoms with Gasteiger partial charge in [-0.1, -0.05) is 0 Å². The van der Waals surface area contributed by atoms with Crippen LogP contribution in [0.4, 0.5) is 28.9 Å². The van der Waals surface area contributed by atoms with E-state index in [2.05, 4.69) is 15.8 Å². The number of aromatic nitrogens is 1. The summed E-state index contributed by atoms with van der Waals surface area (Å²) in [6, 6.07) is 4.95. The van der Waals surface area contributed by atoms with E-state index in [4.69, 9.17) is 4.74 Å². The lowest BCUT2D eigenvalue weighted by atomic mass is 10.0. The predicted molar refractivity (Wildman–Crippen MR) is 131 cm³/mol. The molecule has 8 nitrogen and oxygen atoms in total. The number of nitrogens with one attached hydrogen (secondary N) is 2. The topological polar surface area (TPSA) is 78.8 Å². The molecule has 2 aliphatic heterocycles. The summed E-state index contributed by atoms with van der Waals surface area (Å²) in [7, 11) is 1.99. The minimum atomic E-state index is -4.48. The molecule has 3 aromatic rings. The standard InChI is InChI=1S/C25H25F4N5O3/c1-14-13-37-23-20-17(11-19(26)21(23)33-9-7-32(2)8-10-33)22(35)18(12-34(14)20)24(36)31-30-16-5-3-15(4-6-16)25(27,28)29/h3-6,11-12,14,30H,7-10,13H2,1-2H3,(H,31,36)/t14-/m0/s1. The van der Waals surface area contributed by atoms with Crippen LogP contribution in [0.25, 0.3) is 10.9 Å². The fraction of sp³-hybridized carbons (Fsp3) is 0.360. The monoisotopic (exact) mass is 519 g/mol. The first-order chi connectivity index (χ1) is 17.5. The number of piperazine rings is 1. The van der Waals surface area contributed by atoms with Gasteiger partial charge in [0, 0.05) is 32.4 Å². The molecule has 3 heterocycles. The van der Waals surface area contributed by atoms with Crippen LogP contribution in [0.3, 0.4) is 0 Å². The average molecular weight is 519 g/mol. The highest BCUT2D eigenvalue weighted by atomic mass is 19.4. The van der Waals surface area contributed by atoms with E-state index < -0.39 is 28.9 Å². The molecule has 12 heteroatoms. The lowest BCUT2D eigenvalue weighted by molar-refractivity contribution is -0.137.